The molecule has 0 heterocycles. The maximum absolute atomic E-state index is 8.69. The minimum absolute atomic E-state index is 1.69. The lowest BCUT2D eigenvalue weighted by atomic mass is 13.4. The molecule has 0 amide bonds. The van der Waals surface area contributed by atoms with Gasteiger partial charge < -0.3 is 0 Å². The molecule has 0 saturated carbocycles. The van der Waals surface area contributed by atoms with Crippen molar-refractivity contribution in [2.24, 2.45) is 5.34 Å². The molecule has 0 bridgehead atoms. The molecule has 0 aliphatic heterocycles. The summed E-state index contributed by atoms with van der Waals surface area (Å²) in [6.45, 7) is 0. The van der Waals surface area contributed by atoms with Crippen molar-refractivity contribution in [3.05, 3.63) is 4.91 Å². The van der Waals surface area contributed by atoms with E-state index in [1.165, 1.54) is 0 Å². The molecule has 1 N–H and O–H groups in total. The van der Waals surface area contributed by atoms with Crippen molar-refractivity contribution in [2.45, 2.75) is 0 Å². The fraction of sp³-hybridized carbons (Fsp3) is 0. The Balaban J connectivity index is 2.40. The molecule has 0 unspecified atom stereocenters. The third kappa shape index (κ3) is 1.36. The molecule has 24 valence electrons. The summed E-state index contributed by atoms with van der Waals surface area (Å²) >= 11 is 0. The van der Waals surface area contributed by atoms with E-state index in [0.29, 0.717) is 0 Å². The predicted molar refractivity (Wildman–Crippen MR) is 9.51 cm³/mol. The summed E-state index contributed by atoms with van der Waals surface area (Å²) in [5, 5.41) is 4.66. The van der Waals surface area contributed by atoms with Crippen molar-refractivity contribution >= 4 is 0 Å². The molecule has 0 saturated heterocycles. The van der Waals surface area contributed by atoms with Crippen LogP contribution >= 0.6 is 0 Å². The van der Waals surface area contributed by atoms with E-state index in [-0.39, 0.29) is 0 Å². The lowest BCUT2D eigenvalue weighted by Gasteiger charge is -1.59. The van der Waals surface area contributed by atoms with Gasteiger partial charge in [0.2, 0.25) is 0 Å². The summed E-state index contributed by atoms with van der Waals surface area (Å²) in [6.07, 6.45) is 0. The van der Waals surface area contributed by atoms with Crippen molar-refractivity contribution in [2.75, 3.05) is 0 Å². The standard InChI is InChI=1S/HNO3/c2-1-4-3/h3H/i/hD. The van der Waals surface area contributed by atoms with E-state index in [1.54, 1.807) is 5.34 Å². The second-order valence-corrected chi connectivity index (χ2v) is 0.149. The van der Waals surface area contributed by atoms with Gasteiger partial charge in [0.15, 0.2) is 5.34 Å². The molecule has 0 atom stereocenters. The summed E-state index contributed by atoms with van der Waals surface area (Å²) in [5.41, 5.74) is 0. The molecule has 4 heavy (non-hydrogen) atoms. The highest BCUT2D eigenvalue weighted by Crippen LogP contribution is 1.51. The van der Waals surface area contributed by atoms with Gasteiger partial charge in [0.1, 0.15) is 0 Å². The summed E-state index contributed by atoms with van der Waals surface area (Å²) in [4.78, 5) is 11.8. The van der Waals surface area contributed by atoms with Crippen LogP contribution < -0.4 is 0 Å². The lowest BCUT2D eigenvalue weighted by Crippen LogP contribution is -1.56. The molecule has 0 aromatic carbocycles. The topological polar surface area (TPSA) is 58.9 Å². The Labute approximate surface area is 23.4 Å². The van der Waals surface area contributed by atoms with Crippen LogP contribution in [0.5, 0.6) is 0 Å². The molecule has 0 aliphatic rings. The zero-order chi connectivity index (χ0) is 4.12. The highest BCUT2D eigenvalue weighted by Gasteiger charge is 1.47. The largest absolute Gasteiger partial charge is 0.272 e. The quantitative estimate of drug-likeness (QED) is 0.282. The van der Waals surface area contributed by atoms with Crippen LogP contribution in [0.3, 0.4) is 0 Å². The number of rotatable bonds is 2. The Morgan fingerprint density at radius 2 is 3.25 bits per heavy atom. The molecule has 0 aromatic rings. The molecule has 0 aromatic heterocycles. The van der Waals surface area contributed by atoms with Crippen molar-refractivity contribution in [1.82, 2.24) is 0 Å². The van der Waals surface area contributed by atoms with E-state index in [1.807, 2.05) is 0 Å². The van der Waals surface area contributed by atoms with E-state index < -0.39 is 0 Å². The Kier molecular flexibility index (Phi) is 0.978. The van der Waals surface area contributed by atoms with Crippen LogP contribution in [0.1, 0.15) is 0 Å². The molecule has 0 fully saturated rings. The van der Waals surface area contributed by atoms with Gasteiger partial charge in [-0.1, -0.05) is 0 Å². The predicted octanol–water partition coefficient (Wildman–Crippen LogP) is 0.157. The normalized spacial score (nSPS) is 8.50. The molecular formula is HNO3. The monoisotopic (exact) mass is 64.0 g/mol. The van der Waals surface area contributed by atoms with Crippen molar-refractivity contribution in [3.63, 3.8) is 0 Å². The van der Waals surface area contributed by atoms with Gasteiger partial charge in [0.25, 0.3) is 1.43 Å². The van der Waals surface area contributed by atoms with Crippen molar-refractivity contribution in [3.8, 4) is 0 Å². The zero-order valence-corrected chi connectivity index (χ0v) is 1.67. The third-order valence-electron chi connectivity index (χ3n) is 0.0304. The fourth-order valence-corrected chi connectivity index (χ4v) is 0. The van der Waals surface area contributed by atoms with Crippen LogP contribution in [-0.2, 0) is 4.99 Å². The van der Waals surface area contributed by atoms with Crippen LogP contribution in [-0.4, -0.2) is 5.26 Å². The van der Waals surface area contributed by atoms with Gasteiger partial charge in [0.05, 0.1) is 0 Å². The first-order chi connectivity index (χ1) is 2.41. The smallest absolute Gasteiger partial charge is 0.184 e. The second kappa shape index (κ2) is 2.36. The SMILES string of the molecule is [2H]OON=O. The average Bonchev–Trinajstić information content (AvgIpc) is 1.41. The van der Waals surface area contributed by atoms with Gasteiger partial charge in [-0.05, 0) is 0 Å². The molecule has 0 spiro atoms. The first-order valence-electron chi connectivity index (χ1n) is 0.940. The number of nitrogens with zero attached hydrogens (tertiary/aromatic N) is 1. The Morgan fingerprint density at radius 1 is 2.50 bits per heavy atom. The Hall–Kier alpha value is -0.640. The highest BCUT2D eigenvalue weighted by atomic mass is 17.2. The second-order valence-electron chi connectivity index (χ2n) is 0.149. The van der Waals surface area contributed by atoms with Crippen molar-refractivity contribution in [1.29, 1.82) is 1.43 Å². The number of hydrogen-bond donors (Lipinski definition) is 1. The summed E-state index contributed by atoms with van der Waals surface area (Å²) < 4.78 is 5.59. The highest BCUT2D eigenvalue weighted by molar-refractivity contribution is 3.86. The minimum atomic E-state index is 1.69. The van der Waals surface area contributed by atoms with Crippen LogP contribution in [0.15, 0.2) is 5.34 Å². The van der Waals surface area contributed by atoms with Crippen molar-refractivity contribution < 1.29 is 10.2 Å². The van der Waals surface area contributed by atoms with E-state index >= 15 is 0 Å². The molecule has 0 aliphatic carbocycles. The first-order valence-corrected chi connectivity index (χ1v) is 0.532. The van der Waals surface area contributed by atoms with Gasteiger partial charge in [-0.25, -0.2) is 0 Å². The van der Waals surface area contributed by atoms with Gasteiger partial charge in [-0.3, -0.25) is 0 Å². The summed E-state index contributed by atoms with van der Waals surface area (Å²) in [5.74, 6) is 0. The maximum atomic E-state index is 8.69. The Bertz CT molecular complexity index is 28.1. The summed E-state index contributed by atoms with van der Waals surface area (Å²) in [7, 11) is 0. The average molecular weight is 64.0 g/mol. The third-order valence-corrected chi connectivity index (χ3v) is 0.0304. The summed E-state index contributed by atoms with van der Waals surface area (Å²) in [6, 6.07) is 0. The maximum Gasteiger partial charge on any atom is 0.272 e. The molecule has 4 heteroatoms. The zero-order valence-electron chi connectivity index (χ0n) is 2.67. The molecule has 4 nitrogen and oxygen atoms in total. The molecule has 0 rings (SSSR count). The minimum Gasteiger partial charge on any atom is -0.184 e. The van der Waals surface area contributed by atoms with Crippen LogP contribution in [0.2, 0.25) is 0 Å². The first kappa shape index (κ1) is 1.66. The van der Waals surface area contributed by atoms with Gasteiger partial charge >= 0.3 is 0 Å². The van der Waals surface area contributed by atoms with Gasteiger partial charge in [-0.15, -0.1) is 4.91 Å². The van der Waals surface area contributed by atoms with Crippen LogP contribution in [0.25, 0.3) is 1.43 Å². The van der Waals surface area contributed by atoms with E-state index in [4.69, 9.17) is 6.34 Å². The van der Waals surface area contributed by atoms with Crippen LogP contribution in [0, 0.1) is 4.91 Å². The molecular weight excluding hydrogens is 62.0 g/mol. The van der Waals surface area contributed by atoms with E-state index in [9.17, 15) is 0 Å². The number of hydrogen-bond acceptors (Lipinski definition) is 4. The lowest BCUT2D eigenvalue weighted by molar-refractivity contribution is -0.245. The molecule has 0 radical (unpaired) electrons. The van der Waals surface area contributed by atoms with E-state index in [0.717, 1.165) is 0 Å². The van der Waals surface area contributed by atoms with Gasteiger partial charge in [-0.2, -0.15) is 10.2 Å². The van der Waals surface area contributed by atoms with Gasteiger partial charge in [0, 0.05) is 0 Å². The fourth-order valence-electron chi connectivity index (χ4n) is 0. The Morgan fingerprint density at radius 3 is 3.25 bits per heavy atom. The van der Waals surface area contributed by atoms with Crippen LogP contribution in [0.4, 0.5) is 0 Å². The van der Waals surface area contributed by atoms with E-state index in [2.05, 4.69) is 10.2 Å².